The molecule has 2 aromatic heterocycles. The summed E-state index contributed by atoms with van der Waals surface area (Å²) in [5, 5.41) is 29.0. The SMILES string of the molecule is CC(C)C(=O)O[C@H]1[C@@H](O)[C@H](c2ccc3c(N)ccnn23)O[C@]1(C#N)COP(=O)(N[C@@H](C)C(=O)OC1CCCCC1)Oc1ccccc1. The van der Waals surface area contributed by atoms with Crippen molar-refractivity contribution in [3.8, 4) is 11.8 Å². The maximum Gasteiger partial charge on any atom is 0.459 e. The molecule has 1 saturated carbocycles. The number of hydrogen-bond donors (Lipinski definition) is 3. The number of anilines is 1. The molecule has 2 fully saturated rings. The van der Waals surface area contributed by atoms with Crippen molar-refractivity contribution in [1.29, 1.82) is 5.26 Å². The number of nitrogens with one attached hydrogen (secondary N) is 1. The molecule has 1 saturated heterocycles. The fraction of sp³-hybridized carbons (Fsp3) is 0.500. The highest BCUT2D eigenvalue weighted by atomic mass is 31.2. The first-order valence-electron chi connectivity index (χ1n) is 15.6. The van der Waals surface area contributed by atoms with Crippen molar-refractivity contribution in [1.82, 2.24) is 14.7 Å². The number of hydrogen-bond acceptors (Lipinski definition) is 12. The van der Waals surface area contributed by atoms with Crippen molar-refractivity contribution in [2.24, 2.45) is 5.92 Å². The smallest absolute Gasteiger partial charge is 0.459 e. The minimum Gasteiger partial charge on any atom is -0.461 e. The molecule has 1 aliphatic carbocycles. The van der Waals surface area contributed by atoms with Gasteiger partial charge < -0.3 is 29.6 Å². The third-order valence-corrected chi connectivity index (χ3v) is 9.81. The molecule has 3 heterocycles. The van der Waals surface area contributed by atoms with Crippen LogP contribution >= 0.6 is 7.75 Å². The number of fused-ring (bicyclic) bond motifs is 1. The summed E-state index contributed by atoms with van der Waals surface area (Å²) in [6.45, 7) is 3.86. The maximum atomic E-state index is 14.3. The second kappa shape index (κ2) is 14.4. The molecule has 5 rings (SSSR count). The van der Waals surface area contributed by atoms with Crippen LogP contribution in [-0.2, 0) is 32.9 Å². The highest BCUT2D eigenvalue weighted by Crippen LogP contribution is 2.49. The first-order chi connectivity index (χ1) is 22.4. The Balaban J connectivity index is 1.44. The van der Waals surface area contributed by atoms with Gasteiger partial charge in [-0.15, -0.1) is 0 Å². The van der Waals surface area contributed by atoms with E-state index in [9.17, 15) is 24.5 Å². The number of aliphatic hydroxyl groups excluding tert-OH is 1. The number of para-hydroxylation sites is 1. The molecule has 2 aliphatic rings. The molecule has 0 bridgehead atoms. The predicted molar refractivity (Wildman–Crippen MR) is 169 cm³/mol. The Labute approximate surface area is 272 Å². The van der Waals surface area contributed by atoms with E-state index in [4.69, 9.17) is 29.0 Å². The van der Waals surface area contributed by atoms with Gasteiger partial charge in [-0.1, -0.05) is 38.5 Å². The molecule has 1 unspecified atom stereocenters. The lowest BCUT2D eigenvalue weighted by Crippen LogP contribution is -2.49. The van der Waals surface area contributed by atoms with E-state index in [-0.39, 0.29) is 11.9 Å². The van der Waals surface area contributed by atoms with E-state index >= 15 is 0 Å². The van der Waals surface area contributed by atoms with Gasteiger partial charge in [0, 0.05) is 6.20 Å². The summed E-state index contributed by atoms with van der Waals surface area (Å²) >= 11 is 0. The van der Waals surface area contributed by atoms with Crippen LogP contribution in [-0.4, -0.2) is 63.2 Å². The summed E-state index contributed by atoms with van der Waals surface area (Å²) in [5.74, 6) is -1.81. The van der Waals surface area contributed by atoms with Crippen LogP contribution in [0.3, 0.4) is 0 Å². The van der Waals surface area contributed by atoms with Gasteiger partial charge in [-0.3, -0.25) is 14.1 Å². The number of nitrogens with two attached hydrogens (primary N) is 1. The third kappa shape index (κ3) is 7.61. The number of carbonyl (C=O) groups excluding carboxylic acids is 2. The van der Waals surface area contributed by atoms with Crippen LogP contribution in [0.4, 0.5) is 5.69 Å². The fourth-order valence-electron chi connectivity index (χ4n) is 5.60. The zero-order chi connectivity index (χ0) is 33.8. The first-order valence-corrected chi connectivity index (χ1v) is 17.2. The topological polar surface area (TPSA) is 197 Å². The van der Waals surface area contributed by atoms with Crippen LogP contribution in [0.15, 0.2) is 54.7 Å². The van der Waals surface area contributed by atoms with Gasteiger partial charge in [0.1, 0.15) is 42.8 Å². The van der Waals surface area contributed by atoms with Crippen LogP contribution in [0, 0.1) is 17.2 Å². The summed E-state index contributed by atoms with van der Waals surface area (Å²) in [5.41, 5.74) is 5.18. The minimum absolute atomic E-state index is 0.151. The lowest BCUT2D eigenvalue weighted by Gasteiger charge is -2.30. The second-order valence-corrected chi connectivity index (χ2v) is 13.8. The quantitative estimate of drug-likeness (QED) is 0.183. The molecular formula is C32H40N5O9P. The number of aromatic nitrogens is 2. The normalized spacial score (nSPS) is 25.1. The average Bonchev–Trinajstić information content (AvgIpc) is 3.60. The van der Waals surface area contributed by atoms with Gasteiger partial charge in [-0.25, -0.2) is 9.08 Å². The van der Waals surface area contributed by atoms with Crippen molar-refractivity contribution in [2.75, 3.05) is 12.3 Å². The largest absolute Gasteiger partial charge is 0.461 e. The molecule has 3 aromatic rings. The number of ether oxygens (including phenoxy) is 3. The molecule has 1 aromatic carbocycles. The molecular weight excluding hydrogens is 629 g/mol. The Morgan fingerprint density at radius 3 is 2.53 bits per heavy atom. The van der Waals surface area contributed by atoms with Gasteiger partial charge in [0.15, 0.2) is 6.10 Å². The van der Waals surface area contributed by atoms with Crippen molar-refractivity contribution in [3.63, 3.8) is 0 Å². The van der Waals surface area contributed by atoms with Gasteiger partial charge >= 0.3 is 19.7 Å². The molecule has 6 atom stereocenters. The number of nitrogen functional groups attached to an aromatic ring is 1. The van der Waals surface area contributed by atoms with Gasteiger partial charge in [-0.2, -0.15) is 15.4 Å². The van der Waals surface area contributed by atoms with Crippen LogP contribution in [0.25, 0.3) is 5.52 Å². The Bertz CT molecular complexity index is 1660. The van der Waals surface area contributed by atoms with Crippen LogP contribution in [0.5, 0.6) is 5.75 Å². The van der Waals surface area contributed by atoms with E-state index < -0.39 is 62.2 Å². The van der Waals surface area contributed by atoms with E-state index in [0.29, 0.717) is 16.9 Å². The van der Waals surface area contributed by atoms with E-state index in [1.807, 2.05) is 6.07 Å². The molecule has 0 amide bonds. The molecule has 0 radical (unpaired) electrons. The molecule has 4 N–H and O–H groups in total. The highest BCUT2D eigenvalue weighted by molar-refractivity contribution is 7.52. The summed E-state index contributed by atoms with van der Waals surface area (Å²) in [4.78, 5) is 25.8. The summed E-state index contributed by atoms with van der Waals surface area (Å²) in [6, 6.07) is 13.9. The first kappa shape index (κ1) is 34.3. The van der Waals surface area contributed by atoms with Crippen LogP contribution < -0.4 is 15.3 Å². The molecule has 47 heavy (non-hydrogen) atoms. The van der Waals surface area contributed by atoms with E-state index in [0.717, 1.165) is 32.1 Å². The number of aliphatic hydroxyl groups is 1. The van der Waals surface area contributed by atoms with Gasteiger partial charge in [0.2, 0.25) is 5.60 Å². The zero-order valence-electron chi connectivity index (χ0n) is 26.5. The fourth-order valence-corrected chi connectivity index (χ4v) is 7.12. The van der Waals surface area contributed by atoms with Crippen LogP contribution in [0.1, 0.15) is 64.7 Å². The van der Waals surface area contributed by atoms with Gasteiger partial charge in [-0.05, 0) is 62.9 Å². The number of nitrogens with zero attached hydrogens (tertiary/aromatic N) is 3. The van der Waals surface area contributed by atoms with Gasteiger partial charge in [0.25, 0.3) is 0 Å². The molecule has 252 valence electrons. The predicted octanol–water partition coefficient (Wildman–Crippen LogP) is 4.24. The molecule has 15 heteroatoms. The van der Waals surface area contributed by atoms with Crippen molar-refractivity contribution in [2.45, 2.75) is 88.9 Å². The van der Waals surface area contributed by atoms with E-state index in [1.54, 1.807) is 50.2 Å². The second-order valence-electron chi connectivity index (χ2n) is 12.1. The van der Waals surface area contributed by atoms with Crippen molar-refractivity contribution < 1.29 is 42.5 Å². The lowest BCUT2D eigenvalue weighted by molar-refractivity contribution is -0.164. The van der Waals surface area contributed by atoms with Gasteiger partial charge in [0.05, 0.1) is 22.8 Å². The monoisotopic (exact) mass is 669 g/mol. The summed E-state index contributed by atoms with van der Waals surface area (Å²) < 4.78 is 44.8. The Hall–Kier alpha value is -3.99. The zero-order valence-corrected chi connectivity index (χ0v) is 27.4. The standard InChI is InChI=1S/C32H40N5O9P/c1-20(2)30(39)44-29-27(38)28(26-15-14-25-24(34)16-17-35-37(25)26)45-32(29,18-33)19-42-47(41,46-23-12-8-5-9-13-23)36-21(3)31(40)43-22-10-6-4-7-11-22/h5,8-9,12-17,20-22,27-29,38H,4,6-7,10-11,19,34H2,1-3H3,(H,36,41)/t21-,27-,28-,29-,32+,47?/m0/s1. The number of rotatable bonds is 12. The summed E-state index contributed by atoms with van der Waals surface area (Å²) in [7, 11) is -4.48. The van der Waals surface area contributed by atoms with Crippen molar-refractivity contribution >= 4 is 30.9 Å². The maximum absolute atomic E-state index is 14.3. The number of benzene rings is 1. The number of nitriles is 1. The Morgan fingerprint density at radius 2 is 1.85 bits per heavy atom. The third-order valence-electron chi connectivity index (χ3n) is 8.19. The molecule has 1 aliphatic heterocycles. The van der Waals surface area contributed by atoms with E-state index in [1.165, 1.54) is 29.8 Å². The Kier molecular flexibility index (Phi) is 10.5. The van der Waals surface area contributed by atoms with Crippen molar-refractivity contribution in [3.05, 3.63) is 60.4 Å². The lowest BCUT2D eigenvalue weighted by atomic mass is 9.95. The Morgan fingerprint density at radius 1 is 1.13 bits per heavy atom. The number of esters is 2. The highest BCUT2D eigenvalue weighted by Gasteiger charge is 2.60. The molecule has 14 nitrogen and oxygen atoms in total. The molecule has 0 spiro atoms. The van der Waals surface area contributed by atoms with E-state index in [2.05, 4.69) is 10.2 Å². The number of carbonyl (C=O) groups is 2. The summed E-state index contributed by atoms with van der Waals surface area (Å²) in [6.07, 6.45) is 1.29. The minimum atomic E-state index is -4.48. The average molecular weight is 670 g/mol. The van der Waals surface area contributed by atoms with Crippen LogP contribution in [0.2, 0.25) is 0 Å².